The molecule has 3 aromatic rings. The molecule has 2 saturated heterocycles. The Balaban J connectivity index is 1.53. The van der Waals surface area contributed by atoms with Crippen LogP contribution in [0.3, 0.4) is 0 Å². The highest BCUT2D eigenvalue weighted by Gasteiger charge is 2.38. The normalized spacial score (nSPS) is 25.2. The summed E-state index contributed by atoms with van der Waals surface area (Å²) in [5.41, 5.74) is -4.07. The zero-order chi connectivity index (χ0) is 24.7. The van der Waals surface area contributed by atoms with Gasteiger partial charge in [0.1, 0.15) is 18.3 Å². The largest absolute Gasteiger partial charge is 0.446 e. The molecule has 0 bridgehead atoms. The number of alkyl halides is 4. The Morgan fingerprint density at radius 1 is 1.34 bits per heavy atom. The van der Waals surface area contributed by atoms with Crippen molar-refractivity contribution in [2.75, 3.05) is 25.6 Å². The number of aromatic nitrogens is 2. The summed E-state index contributed by atoms with van der Waals surface area (Å²) in [6, 6.07) is 3.65. The quantitative estimate of drug-likeness (QED) is 0.349. The highest BCUT2D eigenvalue weighted by atomic mass is 32.2. The van der Waals surface area contributed by atoms with Crippen LogP contribution < -0.4 is 10.6 Å². The molecule has 4 heterocycles. The Hall–Kier alpha value is -2.42. The van der Waals surface area contributed by atoms with Crippen LogP contribution >= 0.6 is 23.1 Å². The standard InChI is InChI=1S/C21H20F4N4O4S2/c1-31-14-7-12(27-19(14)30)20-28-18(29-33-20)17-16(35-21(23,24)25)9-3-2-4-11(15(9)34-17)26-13-8-32-6-5-10(13)22/h2-4,10,12-14,26H,5-8H2,1H3,(H,27,30)/t10-,12+,13+,14-/m0/s1. The Morgan fingerprint density at radius 2 is 2.17 bits per heavy atom. The summed E-state index contributed by atoms with van der Waals surface area (Å²) in [5.74, 6) is -0.286. The number of methoxy groups -OCH3 is 1. The summed E-state index contributed by atoms with van der Waals surface area (Å²) in [6.07, 6.45) is -1.31. The predicted octanol–water partition coefficient (Wildman–Crippen LogP) is 4.68. The number of amides is 1. The average molecular weight is 533 g/mol. The first-order valence-electron chi connectivity index (χ1n) is 10.7. The second kappa shape index (κ2) is 9.56. The minimum Gasteiger partial charge on any atom is -0.379 e. The van der Waals surface area contributed by atoms with Crippen molar-refractivity contribution in [2.24, 2.45) is 0 Å². The van der Waals surface area contributed by atoms with E-state index in [1.807, 2.05) is 0 Å². The molecule has 1 aromatic carbocycles. The Kier molecular flexibility index (Phi) is 6.63. The Bertz CT molecular complexity index is 1230. The number of carbonyl (C=O) groups excluding carboxylic acids is 1. The van der Waals surface area contributed by atoms with E-state index in [4.69, 9.17) is 14.0 Å². The number of anilines is 1. The number of hydrogen-bond acceptors (Lipinski definition) is 9. The van der Waals surface area contributed by atoms with E-state index in [0.717, 1.165) is 11.3 Å². The molecular formula is C21H20F4N4O4S2. The first-order valence-corrected chi connectivity index (χ1v) is 12.3. The molecule has 0 spiro atoms. The first-order chi connectivity index (χ1) is 16.7. The van der Waals surface area contributed by atoms with Crippen molar-refractivity contribution in [3.05, 3.63) is 24.1 Å². The van der Waals surface area contributed by atoms with E-state index in [2.05, 4.69) is 20.8 Å². The molecule has 0 radical (unpaired) electrons. The molecule has 2 fully saturated rings. The Labute approximate surface area is 204 Å². The fourth-order valence-corrected chi connectivity index (χ4v) is 6.21. The lowest BCUT2D eigenvalue weighted by atomic mass is 10.1. The zero-order valence-electron chi connectivity index (χ0n) is 18.2. The van der Waals surface area contributed by atoms with Crippen LogP contribution in [0.2, 0.25) is 0 Å². The summed E-state index contributed by atoms with van der Waals surface area (Å²) in [4.78, 5) is 16.3. The van der Waals surface area contributed by atoms with Gasteiger partial charge in [-0.25, -0.2) is 4.39 Å². The number of rotatable bonds is 6. The van der Waals surface area contributed by atoms with Gasteiger partial charge in [0.15, 0.2) is 0 Å². The lowest BCUT2D eigenvalue weighted by Crippen LogP contribution is -2.39. The van der Waals surface area contributed by atoms with Crippen molar-refractivity contribution in [1.82, 2.24) is 15.5 Å². The van der Waals surface area contributed by atoms with E-state index in [-0.39, 0.29) is 58.6 Å². The highest BCUT2D eigenvalue weighted by molar-refractivity contribution is 8.00. The van der Waals surface area contributed by atoms with Crippen molar-refractivity contribution in [1.29, 1.82) is 0 Å². The van der Waals surface area contributed by atoms with Crippen molar-refractivity contribution in [2.45, 2.75) is 47.6 Å². The van der Waals surface area contributed by atoms with E-state index in [1.54, 1.807) is 18.2 Å². The minimum atomic E-state index is -4.56. The predicted molar refractivity (Wildman–Crippen MR) is 121 cm³/mol. The van der Waals surface area contributed by atoms with Crippen LogP contribution in [0.1, 0.15) is 24.8 Å². The van der Waals surface area contributed by atoms with Crippen molar-refractivity contribution < 1.29 is 36.4 Å². The lowest BCUT2D eigenvalue weighted by molar-refractivity contribution is -0.127. The van der Waals surface area contributed by atoms with Crippen LogP contribution in [0.25, 0.3) is 20.8 Å². The third-order valence-corrected chi connectivity index (χ3v) is 8.01. The van der Waals surface area contributed by atoms with Gasteiger partial charge in [-0.1, -0.05) is 17.3 Å². The van der Waals surface area contributed by atoms with E-state index < -0.39 is 29.9 Å². The number of nitrogens with zero attached hydrogens (tertiary/aromatic N) is 2. The summed E-state index contributed by atoms with van der Waals surface area (Å²) in [5, 5.41) is 10.0. The smallest absolute Gasteiger partial charge is 0.379 e. The van der Waals surface area contributed by atoms with Crippen LogP contribution in [0, 0.1) is 0 Å². The summed E-state index contributed by atoms with van der Waals surface area (Å²) < 4.78 is 71.1. The fourth-order valence-electron chi connectivity index (χ4n) is 4.10. The second-order valence-electron chi connectivity index (χ2n) is 8.10. The lowest BCUT2D eigenvalue weighted by Gasteiger charge is -2.27. The first kappa shape index (κ1) is 24.3. The molecule has 8 nitrogen and oxygen atoms in total. The highest BCUT2D eigenvalue weighted by Crippen LogP contribution is 2.50. The number of thiophene rings is 1. The van der Waals surface area contributed by atoms with E-state index in [1.165, 1.54) is 7.11 Å². The summed E-state index contributed by atoms with van der Waals surface area (Å²) in [7, 11) is 1.40. The number of benzene rings is 1. The van der Waals surface area contributed by atoms with Crippen molar-refractivity contribution in [3.63, 3.8) is 0 Å². The molecule has 4 atom stereocenters. The van der Waals surface area contributed by atoms with Gasteiger partial charge >= 0.3 is 5.51 Å². The number of hydrogen-bond donors (Lipinski definition) is 2. The molecule has 1 amide bonds. The van der Waals surface area contributed by atoms with Gasteiger partial charge < -0.3 is 24.6 Å². The number of fused-ring (bicyclic) bond motifs is 1. The molecule has 0 aliphatic carbocycles. The molecule has 2 N–H and O–H groups in total. The molecule has 2 aliphatic rings. The Morgan fingerprint density at radius 3 is 2.89 bits per heavy atom. The molecule has 35 heavy (non-hydrogen) atoms. The topological polar surface area (TPSA) is 98.5 Å². The molecule has 0 saturated carbocycles. The SMILES string of the molecule is CO[C@H]1C[C@H](c2nc(-c3sc4c(N[C@@H]5COCC[C@@H]5F)cccc4c3SC(F)(F)F)no2)NC1=O. The van der Waals surface area contributed by atoms with Crippen LogP contribution in [0.5, 0.6) is 0 Å². The van der Waals surface area contributed by atoms with Crippen LogP contribution in [-0.4, -0.2) is 60.2 Å². The number of ether oxygens (including phenoxy) is 2. The molecule has 0 unspecified atom stereocenters. The maximum atomic E-state index is 14.4. The minimum absolute atomic E-state index is 0.0293. The third kappa shape index (κ3) is 4.97. The van der Waals surface area contributed by atoms with Gasteiger partial charge in [0.2, 0.25) is 17.6 Å². The monoisotopic (exact) mass is 532 g/mol. The molecule has 188 valence electrons. The van der Waals surface area contributed by atoms with Gasteiger partial charge in [0, 0.05) is 36.8 Å². The van der Waals surface area contributed by atoms with Gasteiger partial charge in [-0.2, -0.15) is 18.2 Å². The van der Waals surface area contributed by atoms with Gasteiger partial charge in [0.25, 0.3) is 0 Å². The third-order valence-electron chi connectivity index (χ3n) is 5.79. The number of carbonyl (C=O) groups is 1. The number of halogens is 4. The molecule has 5 rings (SSSR count). The summed E-state index contributed by atoms with van der Waals surface area (Å²) >= 11 is 0.784. The van der Waals surface area contributed by atoms with Crippen molar-refractivity contribution in [3.8, 4) is 10.7 Å². The maximum absolute atomic E-state index is 14.4. The second-order valence-corrected chi connectivity index (χ2v) is 10.2. The van der Waals surface area contributed by atoms with Crippen LogP contribution in [0.4, 0.5) is 23.2 Å². The molecule has 2 aromatic heterocycles. The van der Waals surface area contributed by atoms with Gasteiger partial charge in [-0.15, -0.1) is 11.3 Å². The average Bonchev–Trinajstić information content (AvgIpc) is 3.52. The molecule has 14 heteroatoms. The maximum Gasteiger partial charge on any atom is 0.446 e. The van der Waals surface area contributed by atoms with Gasteiger partial charge in [0.05, 0.1) is 27.9 Å². The van der Waals surface area contributed by atoms with Crippen LogP contribution in [0.15, 0.2) is 27.6 Å². The van der Waals surface area contributed by atoms with Gasteiger partial charge in [-0.3, -0.25) is 4.79 Å². The number of thioether (sulfide) groups is 1. The fraction of sp³-hybridized carbons (Fsp3) is 0.476. The van der Waals surface area contributed by atoms with E-state index >= 15 is 0 Å². The van der Waals surface area contributed by atoms with Gasteiger partial charge in [-0.05, 0) is 17.8 Å². The number of nitrogens with one attached hydrogen (secondary N) is 2. The van der Waals surface area contributed by atoms with E-state index in [9.17, 15) is 22.4 Å². The summed E-state index contributed by atoms with van der Waals surface area (Å²) in [6.45, 7) is 0.482. The molecular weight excluding hydrogens is 512 g/mol. The van der Waals surface area contributed by atoms with E-state index in [0.29, 0.717) is 22.4 Å². The zero-order valence-corrected chi connectivity index (χ0v) is 19.9. The van der Waals surface area contributed by atoms with Crippen molar-refractivity contribution >= 4 is 44.8 Å². The van der Waals surface area contributed by atoms with Crippen LogP contribution in [-0.2, 0) is 14.3 Å². The molecule has 2 aliphatic heterocycles.